The van der Waals surface area contributed by atoms with Gasteiger partial charge in [-0.25, -0.2) is 4.79 Å². The minimum atomic E-state index is -1.66. The summed E-state index contributed by atoms with van der Waals surface area (Å²) >= 11 is 0. The second-order valence-corrected chi connectivity index (χ2v) is 2.92. The van der Waals surface area contributed by atoms with Crippen molar-refractivity contribution in [3.8, 4) is 0 Å². The van der Waals surface area contributed by atoms with E-state index in [1.165, 1.54) is 13.2 Å². The van der Waals surface area contributed by atoms with Gasteiger partial charge in [0.25, 0.3) is 0 Å². The summed E-state index contributed by atoms with van der Waals surface area (Å²) in [6.07, 6.45) is 1.68. The quantitative estimate of drug-likeness (QED) is 0.616. The van der Waals surface area contributed by atoms with Crippen molar-refractivity contribution in [1.29, 1.82) is 0 Å². The molecule has 0 saturated carbocycles. The van der Waals surface area contributed by atoms with Gasteiger partial charge in [0.1, 0.15) is 0 Å². The Labute approximate surface area is 81.1 Å². The first-order valence-corrected chi connectivity index (χ1v) is 3.98. The SMILES string of the molecule is C=CC1(O)C=C(NC(=O)OC)CC1=O. The van der Waals surface area contributed by atoms with E-state index in [0.717, 1.165) is 6.08 Å². The number of ketones is 1. The summed E-state index contributed by atoms with van der Waals surface area (Å²) in [5, 5.41) is 11.9. The number of allylic oxidation sites excluding steroid dienone is 1. The van der Waals surface area contributed by atoms with E-state index < -0.39 is 17.5 Å². The molecule has 14 heavy (non-hydrogen) atoms. The van der Waals surface area contributed by atoms with Crippen LogP contribution in [-0.2, 0) is 9.53 Å². The molecule has 1 aliphatic rings. The number of carbonyl (C=O) groups excluding carboxylic acids is 2. The molecule has 1 unspecified atom stereocenters. The first-order valence-electron chi connectivity index (χ1n) is 3.98. The van der Waals surface area contributed by atoms with Gasteiger partial charge in [-0.3, -0.25) is 10.1 Å². The second kappa shape index (κ2) is 3.63. The Morgan fingerprint density at radius 2 is 2.50 bits per heavy atom. The summed E-state index contributed by atoms with van der Waals surface area (Å²) in [6, 6.07) is 0. The molecule has 0 aromatic rings. The standard InChI is InChI=1S/C9H11NO4/c1-3-9(13)5-6(4-7(9)11)10-8(12)14-2/h3,5,13H,1,4H2,2H3,(H,10,12). The summed E-state index contributed by atoms with van der Waals surface area (Å²) in [5.41, 5.74) is -1.33. The van der Waals surface area contributed by atoms with Crippen LogP contribution in [0.3, 0.4) is 0 Å². The fraction of sp³-hybridized carbons (Fsp3) is 0.333. The van der Waals surface area contributed by atoms with Crippen LogP contribution in [0, 0.1) is 0 Å². The van der Waals surface area contributed by atoms with Gasteiger partial charge >= 0.3 is 6.09 Å². The van der Waals surface area contributed by atoms with Gasteiger partial charge in [0.2, 0.25) is 0 Å². The Morgan fingerprint density at radius 1 is 1.86 bits per heavy atom. The highest BCUT2D eigenvalue weighted by Gasteiger charge is 2.36. The maximum atomic E-state index is 11.2. The van der Waals surface area contributed by atoms with Crippen molar-refractivity contribution in [1.82, 2.24) is 5.32 Å². The Morgan fingerprint density at radius 3 is 2.93 bits per heavy atom. The third-order valence-corrected chi connectivity index (χ3v) is 1.95. The molecule has 0 fully saturated rings. The van der Waals surface area contributed by atoms with Gasteiger partial charge in [-0.05, 0) is 12.2 Å². The van der Waals surface area contributed by atoms with Gasteiger partial charge in [-0.15, -0.1) is 0 Å². The smallest absolute Gasteiger partial charge is 0.411 e. The number of hydrogen-bond acceptors (Lipinski definition) is 4. The Bertz CT molecular complexity index is 321. The molecule has 0 aromatic heterocycles. The van der Waals surface area contributed by atoms with Gasteiger partial charge < -0.3 is 9.84 Å². The summed E-state index contributed by atoms with van der Waals surface area (Å²) in [7, 11) is 1.21. The minimum absolute atomic E-state index is 0.0301. The molecule has 1 rings (SSSR count). The van der Waals surface area contributed by atoms with Crippen molar-refractivity contribution in [3.05, 3.63) is 24.4 Å². The summed E-state index contributed by atoms with van der Waals surface area (Å²) in [5.74, 6) is -0.418. The molecule has 1 atom stereocenters. The molecule has 1 aliphatic carbocycles. The highest BCUT2D eigenvalue weighted by atomic mass is 16.5. The molecular weight excluding hydrogens is 186 g/mol. The van der Waals surface area contributed by atoms with E-state index in [4.69, 9.17) is 0 Å². The maximum absolute atomic E-state index is 11.2. The van der Waals surface area contributed by atoms with E-state index in [0.29, 0.717) is 5.70 Å². The highest BCUT2D eigenvalue weighted by Crippen LogP contribution is 2.23. The third kappa shape index (κ3) is 1.82. The summed E-state index contributed by atoms with van der Waals surface area (Å²) < 4.78 is 4.34. The van der Waals surface area contributed by atoms with Crippen molar-refractivity contribution in [2.45, 2.75) is 12.0 Å². The van der Waals surface area contributed by atoms with Crippen LogP contribution >= 0.6 is 0 Å². The lowest BCUT2D eigenvalue weighted by Gasteiger charge is -2.10. The van der Waals surface area contributed by atoms with Gasteiger partial charge in [0.05, 0.1) is 13.5 Å². The molecule has 2 N–H and O–H groups in total. The van der Waals surface area contributed by atoms with Crippen LogP contribution in [0.4, 0.5) is 4.79 Å². The number of hydrogen-bond donors (Lipinski definition) is 2. The molecule has 76 valence electrons. The average molecular weight is 197 g/mol. The van der Waals surface area contributed by atoms with Crippen molar-refractivity contribution >= 4 is 11.9 Å². The normalized spacial score (nSPS) is 25.6. The zero-order valence-electron chi connectivity index (χ0n) is 7.74. The highest BCUT2D eigenvalue weighted by molar-refractivity contribution is 5.96. The fourth-order valence-electron chi connectivity index (χ4n) is 1.15. The first kappa shape index (κ1) is 10.5. The minimum Gasteiger partial charge on any atom is -0.453 e. The number of methoxy groups -OCH3 is 1. The van der Waals surface area contributed by atoms with Gasteiger partial charge in [-0.1, -0.05) is 6.58 Å². The predicted octanol–water partition coefficient (Wildman–Crippen LogP) is 0.116. The predicted molar refractivity (Wildman–Crippen MR) is 48.4 cm³/mol. The van der Waals surface area contributed by atoms with Crippen LogP contribution in [-0.4, -0.2) is 29.7 Å². The van der Waals surface area contributed by atoms with E-state index in [1.807, 2.05) is 0 Å². The number of carbonyl (C=O) groups is 2. The first-order chi connectivity index (χ1) is 6.51. The number of Topliss-reactive ketones (excluding diaryl/α,β-unsaturated/α-hetero) is 1. The Hall–Kier alpha value is -1.62. The number of nitrogens with one attached hydrogen (secondary N) is 1. The van der Waals surface area contributed by atoms with E-state index in [-0.39, 0.29) is 6.42 Å². The van der Waals surface area contributed by atoms with Gasteiger partial charge in [0.15, 0.2) is 11.4 Å². The van der Waals surface area contributed by atoms with E-state index in [9.17, 15) is 14.7 Å². The molecule has 0 spiro atoms. The number of amides is 1. The van der Waals surface area contributed by atoms with Crippen LogP contribution in [0.5, 0.6) is 0 Å². The third-order valence-electron chi connectivity index (χ3n) is 1.95. The second-order valence-electron chi connectivity index (χ2n) is 2.92. The molecule has 5 nitrogen and oxygen atoms in total. The zero-order chi connectivity index (χ0) is 10.8. The van der Waals surface area contributed by atoms with Crippen LogP contribution in [0.2, 0.25) is 0 Å². The van der Waals surface area contributed by atoms with Crippen molar-refractivity contribution < 1.29 is 19.4 Å². The fourth-order valence-corrected chi connectivity index (χ4v) is 1.15. The maximum Gasteiger partial charge on any atom is 0.411 e. The summed E-state index contributed by atoms with van der Waals surface area (Å²) in [6.45, 7) is 3.34. The summed E-state index contributed by atoms with van der Waals surface area (Å²) in [4.78, 5) is 22.0. The lowest BCUT2D eigenvalue weighted by molar-refractivity contribution is -0.127. The molecule has 0 radical (unpaired) electrons. The Kier molecular flexibility index (Phi) is 2.71. The van der Waals surface area contributed by atoms with Crippen LogP contribution in [0.1, 0.15) is 6.42 Å². The molecule has 1 amide bonds. The van der Waals surface area contributed by atoms with E-state index in [2.05, 4.69) is 16.6 Å². The molecule has 0 saturated heterocycles. The van der Waals surface area contributed by atoms with Crippen LogP contribution in [0.25, 0.3) is 0 Å². The average Bonchev–Trinajstić information content (AvgIpc) is 2.43. The molecule has 0 heterocycles. The number of aliphatic hydroxyl groups is 1. The number of ether oxygens (including phenoxy) is 1. The van der Waals surface area contributed by atoms with E-state index in [1.54, 1.807) is 0 Å². The molecular formula is C9H11NO4. The van der Waals surface area contributed by atoms with Crippen molar-refractivity contribution in [2.24, 2.45) is 0 Å². The lowest BCUT2D eigenvalue weighted by atomic mass is 10.0. The Balaban J connectivity index is 2.76. The van der Waals surface area contributed by atoms with E-state index >= 15 is 0 Å². The molecule has 0 aromatic carbocycles. The van der Waals surface area contributed by atoms with Crippen molar-refractivity contribution in [2.75, 3.05) is 7.11 Å². The monoisotopic (exact) mass is 197 g/mol. The largest absolute Gasteiger partial charge is 0.453 e. The zero-order valence-corrected chi connectivity index (χ0v) is 7.74. The van der Waals surface area contributed by atoms with Crippen LogP contribution in [0.15, 0.2) is 24.4 Å². The topological polar surface area (TPSA) is 75.6 Å². The number of rotatable bonds is 2. The lowest BCUT2D eigenvalue weighted by Crippen LogP contribution is -2.29. The molecule has 5 heteroatoms. The number of alkyl carbamates (subject to hydrolysis) is 1. The van der Waals surface area contributed by atoms with Crippen molar-refractivity contribution in [3.63, 3.8) is 0 Å². The molecule has 0 aliphatic heterocycles. The molecule has 0 bridgehead atoms. The van der Waals surface area contributed by atoms with Gasteiger partial charge in [-0.2, -0.15) is 0 Å². The van der Waals surface area contributed by atoms with Crippen LogP contribution < -0.4 is 5.32 Å². The van der Waals surface area contributed by atoms with Gasteiger partial charge in [0, 0.05) is 5.70 Å².